The van der Waals surface area contributed by atoms with E-state index in [1.165, 1.54) is 25.7 Å². The smallest absolute Gasteiger partial charge is 0.308 e. The maximum absolute atomic E-state index is 11.6. The molecule has 0 bridgehead atoms. The van der Waals surface area contributed by atoms with Crippen molar-refractivity contribution in [2.24, 2.45) is 5.73 Å². The molecule has 142 valence electrons. The second kappa shape index (κ2) is 15.6. The summed E-state index contributed by atoms with van der Waals surface area (Å²) in [6.45, 7) is 6.83. The number of hydrogen-bond acceptors (Lipinski definition) is 4. The molecule has 1 unspecified atom stereocenters. The van der Waals surface area contributed by atoms with Gasteiger partial charge in [-0.2, -0.15) is 0 Å². The van der Waals surface area contributed by atoms with Gasteiger partial charge in [0.1, 0.15) is 0 Å². The van der Waals surface area contributed by atoms with Gasteiger partial charge < -0.3 is 15.8 Å². The molecule has 25 heavy (non-hydrogen) atoms. The number of carbonyl (C=O) groups is 2. The first kappa shape index (κ1) is 23.1. The molecule has 1 rings (SSSR count). The van der Waals surface area contributed by atoms with Gasteiger partial charge in [0.25, 0.3) is 0 Å². The Morgan fingerprint density at radius 2 is 1.68 bits per heavy atom. The minimum Gasteiger partial charge on any atom is -0.466 e. The van der Waals surface area contributed by atoms with Crippen LogP contribution in [0.15, 0.2) is 30.3 Å². The fourth-order valence-corrected chi connectivity index (χ4v) is 2.22. The van der Waals surface area contributed by atoms with Crippen LogP contribution in [0.3, 0.4) is 0 Å². The van der Waals surface area contributed by atoms with Gasteiger partial charge in [0.15, 0.2) is 0 Å². The first-order valence-electron chi connectivity index (χ1n) is 9.28. The summed E-state index contributed by atoms with van der Waals surface area (Å²) in [5.74, 6) is -0.495. The van der Waals surface area contributed by atoms with Crippen LogP contribution in [0.2, 0.25) is 0 Å². The molecule has 1 aromatic carbocycles. The van der Waals surface area contributed by atoms with Crippen LogP contribution in [0, 0.1) is 0 Å². The number of nitrogens with one attached hydrogen (secondary N) is 1. The molecule has 0 aliphatic carbocycles. The van der Waals surface area contributed by atoms with Crippen LogP contribution >= 0.6 is 0 Å². The summed E-state index contributed by atoms with van der Waals surface area (Å²) in [5, 5.41) is 2.80. The fraction of sp³-hybridized carbons (Fsp3) is 0.600. The summed E-state index contributed by atoms with van der Waals surface area (Å²) in [7, 11) is 0. The Morgan fingerprint density at radius 3 is 2.16 bits per heavy atom. The van der Waals surface area contributed by atoms with Gasteiger partial charge in [-0.25, -0.2) is 0 Å². The normalized spacial score (nSPS) is 11.0. The van der Waals surface area contributed by atoms with Crippen LogP contribution in [0.25, 0.3) is 0 Å². The van der Waals surface area contributed by atoms with Gasteiger partial charge >= 0.3 is 5.97 Å². The monoisotopic (exact) mass is 350 g/mol. The molecule has 1 atom stereocenters. The molecular weight excluding hydrogens is 316 g/mol. The van der Waals surface area contributed by atoms with E-state index in [9.17, 15) is 9.59 Å². The van der Waals surface area contributed by atoms with Crippen LogP contribution in [-0.4, -0.2) is 25.0 Å². The van der Waals surface area contributed by atoms with Crippen molar-refractivity contribution in [3.05, 3.63) is 35.9 Å². The number of nitrogens with two attached hydrogens (primary N) is 1. The Labute approximate surface area is 152 Å². The molecular formula is C20H34N2O3. The van der Waals surface area contributed by atoms with Crippen molar-refractivity contribution in [3.8, 4) is 0 Å². The standard InChI is InChI=1S/C14H20N2O3.C6H14/c1-2-19-14(18)10-12(16-13(17)8-9-15)11-6-4-3-5-7-11;1-3-5-6-4-2/h3-7,12H,2,8-10,15H2,1H3,(H,16,17);3-6H2,1-2H3. The highest BCUT2D eigenvalue weighted by Crippen LogP contribution is 2.17. The number of unbranched alkanes of at least 4 members (excludes halogenated alkanes) is 3. The van der Waals surface area contributed by atoms with E-state index in [1.54, 1.807) is 6.92 Å². The summed E-state index contributed by atoms with van der Waals surface area (Å²) < 4.78 is 4.92. The molecule has 0 saturated heterocycles. The number of hydrogen-bond donors (Lipinski definition) is 2. The average Bonchev–Trinajstić information content (AvgIpc) is 2.61. The largest absolute Gasteiger partial charge is 0.466 e. The van der Waals surface area contributed by atoms with E-state index >= 15 is 0 Å². The zero-order valence-corrected chi connectivity index (χ0v) is 15.9. The van der Waals surface area contributed by atoms with Gasteiger partial charge in [0, 0.05) is 13.0 Å². The quantitative estimate of drug-likeness (QED) is 0.497. The summed E-state index contributed by atoms with van der Waals surface area (Å²) in [6.07, 6.45) is 5.90. The van der Waals surface area contributed by atoms with Gasteiger partial charge in [0.05, 0.1) is 19.1 Å². The summed E-state index contributed by atoms with van der Waals surface area (Å²) in [4.78, 5) is 23.2. The fourth-order valence-electron chi connectivity index (χ4n) is 2.22. The van der Waals surface area contributed by atoms with E-state index in [0.29, 0.717) is 6.61 Å². The molecule has 0 spiro atoms. The predicted octanol–water partition coefficient (Wildman–Crippen LogP) is 3.73. The highest BCUT2D eigenvalue weighted by atomic mass is 16.5. The lowest BCUT2D eigenvalue weighted by Gasteiger charge is -2.18. The zero-order chi connectivity index (χ0) is 18.9. The number of benzene rings is 1. The molecule has 0 heterocycles. The minimum absolute atomic E-state index is 0.119. The second-order valence-corrected chi connectivity index (χ2v) is 5.79. The Hall–Kier alpha value is -1.88. The Bertz CT molecular complexity index is 439. The maximum Gasteiger partial charge on any atom is 0.308 e. The lowest BCUT2D eigenvalue weighted by Crippen LogP contribution is -2.31. The van der Waals surface area contributed by atoms with Gasteiger partial charge in [0.2, 0.25) is 5.91 Å². The van der Waals surface area contributed by atoms with Crippen molar-refractivity contribution in [1.29, 1.82) is 0 Å². The van der Waals surface area contributed by atoms with Crippen molar-refractivity contribution >= 4 is 11.9 Å². The topological polar surface area (TPSA) is 81.4 Å². The molecule has 1 aromatic rings. The molecule has 0 aliphatic rings. The van der Waals surface area contributed by atoms with Gasteiger partial charge in [-0.1, -0.05) is 69.9 Å². The SMILES string of the molecule is CCCCCC.CCOC(=O)CC(NC(=O)CCN)c1ccccc1. The summed E-state index contributed by atoms with van der Waals surface area (Å²) in [6, 6.07) is 8.97. The van der Waals surface area contributed by atoms with Crippen molar-refractivity contribution in [3.63, 3.8) is 0 Å². The number of rotatable bonds is 10. The molecule has 0 fully saturated rings. The second-order valence-electron chi connectivity index (χ2n) is 5.79. The van der Waals surface area contributed by atoms with Gasteiger partial charge in [-0.05, 0) is 12.5 Å². The minimum atomic E-state index is -0.376. The van der Waals surface area contributed by atoms with E-state index in [-0.39, 0.29) is 37.3 Å². The average molecular weight is 351 g/mol. The van der Waals surface area contributed by atoms with Gasteiger partial charge in [-0.15, -0.1) is 0 Å². The lowest BCUT2D eigenvalue weighted by atomic mass is 10.0. The molecule has 1 amide bonds. The zero-order valence-electron chi connectivity index (χ0n) is 15.9. The highest BCUT2D eigenvalue weighted by Gasteiger charge is 2.18. The van der Waals surface area contributed by atoms with Crippen molar-refractivity contribution in [2.75, 3.05) is 13.2 Å². The van der Waals surface area contributed by atoms with Crippen LogP contribution in [0.5, 0.6) is 0 Å². The third-order valence-electron chi connectivity index (χ3n) is 3.54. The van der Waals surface area contributed by atoms with E-state index in [1.807, 2.05) is 30.3 Å². The third kappa shape index (κ3) is 12.2. The number of amides is 1. The molecule has 0 aromatic heterocycles. The molecule has 0 aliphatic heterocycles. The first-order chi connectivity index (χ1) is 12.1. The molecule has 3 N–H and O–H groups in total. The number of carbonyl (C=O) groups excluding carboxylic acids is 2. The summed E-state index contributed by atoms with van der Waals surface area (Å²) in [5.41, 5.74) is 6.22. The number of ether oxygens (including phenoxy) is 1. The van der Waals surface area contributed by atoms with E-state index in [0.717, 1.165) is 5.56 Å². The van der Waals surface area contributed by atoms with E-state index in [4.69, 9.17) is 10.5 Å². The van der Waals surface area contributed by atoms with Crippen molar-refractivity contribution in [2.45, 2.75) is 65.3 Å². The first-order valence-corrected chi connectivity index (χ1v) is 9.28. The maximum atomic E-state index is 11.6. The molecule has 0 radical (unpaired) electrons. The van der Waals surface area contributed by atoms with Crippen LogP contribution < -0.4 is 11.1 Å². The molecule has 5 heteroatoms. The Kier molecular flexibility index (Phi) is 14.5. The van der Waals surface area contributed by atoms with Crippen LogP contribution in [-0.2, 0) is 14.3 Å². The lowest BCUT2D eigenvalue weighted by molar-refractivity contribution is -0.143. The van der Waals surface area contributed by atoms with Crippen molar-refractivity contribution in [1.82, 2.24) is 5.32 Å². The van der Waals surface area contributed by atoms with Gasteiger partial charge in [-0.3, -0.25) is 9.59 Å². The third-order valence-corrected chi connectivity index (χ3v) is 3.54. The molecule has 5 nitrogen and oxygen atoms in total. The van der Waals surface area contributed by atoms with Crippen LogP contribution in [0.4, 0.5) is 0 Å². The molecule has 0 saturated carbocycles. The number of esters is 1. The van der Waals surface area contributed by atoms with E-state index in [2.05, 4.69) is 19.2 Å². The highest BCUT2D eigenvalue weighted by molar-refractivity contribution is 5.78. The Morgan fingerprint density at radius 1 is 1.08 bits per heavy atom. The predicted molar refractivity (Wildman–Crippen MR) is 102 cm³/mol. The Balaban J connectivity index is 0.000000823. The summed E-state index contributed by atoms with van der Waals surface area (Å²) >= 11 is 0. The van der Waals surface area contributed by atoms with Crippen LogP contribution in [0.1, 0.15) is 70.9 Å². The van der Waals surface area contributed by atoms with Crippen molar-refractivity contribution < 1.29 is 14.3 Å². The van der Waals surface area contributed by atoms with E-state index < -0.39 is 0 Å².